The van der Waals surface area contributed by atoms with Gasteiger partial charge in [-0.25, -0.2) is 4.98 Å². The first kappa shape index (κ1) is 20.1. The summed E-state index contributed by atoms with van der Waals surface area (Å²) in [5.74, 6) is 0.559. The van der Waals surface area contributed by atoms with E-state index < -0.39 is 0 Å². The van der Waals surface area contributed by atoms with Crippen LogP contribution in [0.25, 0.3) is 10.6 Å². The van der Waals surface area contributed by atoms with E-state index in [-0.39, 0.29) is 5.91 Å². The summed E-state index contributed by atoms with van der Waals surface area (Å²) in [6.07, 6.45) is 0. The number of thiazole rings is 1. The van der Waals surface area contributed by atoms with Crippen LogP contribution in [0.3, 0.4) is 0 Å². The Labute approximate surface area is 184 Å². The van der Waals surface area contributed by atoms with E-state index in [0.29, 0.717) is 23.1 Å². The molecule has 150 valence electrons. The van der Waals surface area contributed by atoms with E-state index in [1.54, 1.807) is 17.3 Å². The zero-order valence-corrected chi connectivity index (χ0v) is 17.9. The van der Waals surface area contributed by atoms with Crippen LogP contribution in [0, 0.1) is 0 Å². The van der Waals surface area contributed by atoms with Crippen LogP contribution in [0.4, 0.5) is 5.69 Å². The number of ether oxygens (including phenoxy) is 1. The minimum absolute atomic E-state index is 0.152. The molecule has 0 unspecified atom stereocenters. The topological polar surface area (TPSA) is 42.4 Å². The summed E-state index contributed by atoms with van der Waals surface area (Å²) in [5, 5.41) is 3.20. The summed E-state index contributed by atoms with van der Waals surface area (Å²) in [6.45, 7) is 0.394. The van der Waals surface area contributed by atoms with Gasteiger partial charge in [0.2, 0.25) is 0 Å². The molecule has 0 aliphatic heterocycles. The van der Waals surface area contributed by atoms with Crippen molar-refractivity contribution in [3.8, 4) is 16.3 Å². The SMILES string of the molecule is CN(C(=O)c1csc(-c2ccccc2OCc2cccc(Cl)c2)n1)c1ccccc1. The van der Waals surface area contributed by atoms with Crippen LogP contribution in [0.5, 0.6) is 5.75 Å². The molecule has 0 spiro atoms. The molecular weight excluding hydrogens is 416 g/mol. The van der Waals surface area contributed by atoms with Crippen molar-refractivity contribution < 1.29 is 9.53 Å². The molecule has 0 aliphatic rings. The smallest absolute Gasteiger partial charge is 0.277 e. The molecule has 0 aliphatic carbocycles. The van der Waals surface area contributed by atoms with Gasteiger partial charge in [-0.2, -0.15) is 0 Å². The molecular formula is C24H19ClN2O2S. The van der Waals surface area contributed by atoms with E-state index in [1.165, 1.54) is 11.3 Å². The summed E-state index contributed by atoms with van der Waals surface area (Å²) < 4.78 is 6.03. The second-order valence-corrected chi connectivity index (χ2v) is 7.95. The quantitative estimate of drug-likeness (QED) is 0.356. The molecule has 0 fully saturated rings. The van der Waals surface area contributed by atoms with E-state index in [1.807, 2.05) is 78.9 Å². The Bertz CT molecular complexity index is 1160. The summed E-state index contributed by atoms with van der Waals surface area (Å²) in [4.78, 5) is 19.0. The van der Waals surface area contributed by atoms with Gasteiger partial charge in [0, 0.05) is 23.1 Å². The van der Waals surface area contributed by atoms with E-state index in [2.05, 4.69) is 4.98 Å². The third kappa shape index (κ3) is 4.53. The Kier molecular flexibility index (Phi) is 6.12. The molecule has 0 atom stereocenters. The second-order valence-electron chi connectivity index (χ2n) is 6.65. The van der Waals surface area contributed by atoms with Gasteiger partial charge in [-0.3, -0.25) is 4.79 Å². The number of hydrogen-bond acceptors (Lipinski definition) is 4. The van der Waals surface area contributed by atoms with Crippen molar-refractivity contribution >= 4 is 34.5 Å². The highest BCUT2D eigenvalue weighted by atomic mass is 35.5. The predicted octanol–water partition coefficient (Wildman–Crippen LogP) is 6.32. The van der Waals surface area contributed by atoms with Crippen LogP contribution < -0.4 is 9.64 Å². The van der Waals surface area contributed by atoms with E-state index in [9.17, 15) is 4.79 Å². The lowest BCUT2D eigenvalue weighted by Crippen LogP contribution is -2.26. The van der Waals surface area contributed by atoms with Crippen LogP contribution in [0.15, 0.2) is 84.2 Å². The van der Waals surface area contributed by atoms with Gasteiger partial charge >= 0.3 is 0 Å². The summed E-state index contributed by atoms with van der Waals surface area (Å²) in [5.41, 5.74) is 3.07. The molecule has 4 nitrogen and oxygen atoms in total. The predicted molar refractivity (Wildman–Crippen MR) is 123 cm³/mol. The fourth-order valence-electron chi connectivity index (χ4n) is 2.99. The molecule has 3 aromatic carbocycles. The fraction of sp³-hybridized carbons (Fsp3) is 0.0833. The van der Waals surface area contributed by atoms with Crippen molar-refractivity contribution in [3.05, 3.63) is 101 Å². The fourth-order valence-corrected chi connectivity index (χ4v) is 4.03. The number of halogens is 1. The van der Waals surface area contributed by atoms with Crippen molar-refractivity contribution in [2.45, 2.75) is 6.61 Å². The number of amides is 1. The average Bonchev–Trinajstić information content (AvgIpc) is 3.28. The molecule has 1 aromatic heterocycles. The van der Waals surface area contributed by atoms with E-state index >= 15 is 0 Å². The Hall–Kier alpha value is -3.15. The first-order chi connectivity index (χ1) is 14.6. The lowest BCUT2D eigenvalue weighted by molar-refractivity contribution is 0.0989. The van der Waals surface area contributed by atoms with Crippen molar-refractivity contribution in [1.29, 1.82) is 0 Å². The number of rotatable bonds is 6. The number of anilines is 1. The van der Waals surface area contributed by atoms with Gasteiger partial charge in [0.15, 0.2) is 0 Å². The molecule has 30 heavy (non-hydrogen) atoms. The van der Waals surface area contributed by atoms with Gasteiger partial charge in [0.05, 0.1) is 5.56 Å². The van der Waals surface area contributed by atoms with Crippen LogP contribution in [-0.4, -0.2) is 17.9 Å². The van der Waals surface area contributed by atoms with Crippen LogP contribution >= 0.6 is 22.9 Å². The number of benzene rings is 3. The highest BCUT2D eigenvalue weighted by molar-refractivity contribution is 7.13. The Morgan fingerprint density at radius 1 is 1.03 bits per heavy atom. The lowest BCUT2D eigenvalue weighted by atomic mass is 10.2. The van der Waals surface area contributed by atoms with Gasteiger partial charge in [0.1, 0.15) is 23.1 Å². The first-order valence-electron chi connectivity index (χ1n) is 9.37. The van der Waals surface area contributed by atoms with Crippen molar-refractivity contribution in [2.24, 2.45) is 0 Å². The van der Waals surface area contributed by atoms with Gasteiger partial charge in [0.25, 0.3) is 5.91 Å². The number of carbonyl (C=O) groups is 1. The minimum Gasteiger partial charge on any atom is -0.488 e. The third-order valence-corrected chi connectivity index (χ3v) is 5.68. The second kappa shape index (κ2) is 9.11. The zero-order chi connectivity index (χ0) is 20.9. The average molecular weight is 435 g/mol. The monoisotopic (exact) mass is 434 g/mol. The molecule has 1 amide bonds. The number of carbonyl (C=O) groups excluding carboxylic acids is 1. The maximum Gasteiger partial charge on any atom is 0.277 e. The number of nitrogens with zero attached hydrogens (tertiary/aromatic N) is 2. The van der Waals surface area contributed by atoms with Gasteiger partial charge in [-0.05, 0) is 42.0 Å². The molecule has 0 radical (unpaired) electrons. The molecule has 4 rings (SSSR count). The highest BCUT2D eigenvalue weighted by Gasteiger charge is 2.18. The number of aromatic nitrogens is 1. The molecule has 0 saturated carbocycles. The zero-order valence-electron chi connectivity index (χ0n) is 16.3. The van der Waals surface area contributed by atoms with E-state index in [0.717, 1.165) is 21.8 Å². The van der Waals surface area contributed by atoms with E-state index in [4.69, 9.17) is 16.3 Å². The van der Waals surface area contributed by atoms with Gasteiger partial charge in [-0.1, -0.05) is 54.1 Å². The minimum atomic E-state index is -0.152. The molecule has 4 aromatic rings. The lowest BCUT2D eigenvalue weighted by Gasteiger charge is -2.15. The summed E-state index contributed by atoms with van der Waals surface area (Å²) in [6, 6.07) is 24.8. The van der Waals surface area contributed by atoms with Gasteiger partial charge < -0.3 is 9.64 Å². The first-order valence-corrected chi connectivity index (χ1v) is 10.6. The van der Waals surface area contributed by atoms with Gasteiger partial charge in [-0.15, -0.1) is 11.3 Å². The molecule has 0 N–H and O–H groups in total. The maximum absolute atomic E-state index is 12.8. The van der Waals surface area contributed by atoms with Crippen molar-refractivity contribution in [2.75, 3.05) is 11.9 Å². The largest absolute Gasteiger partial charge is 0.488 e. The van der Waals surface area contributed by atoms with Crippen molar-refractivity contribution in [1.82, 2.24) is 4.98 Å². The molecule has 1 heterocycles. The van der Waals surface area contributed by atoms with Crippen LogP contribution in [0.2, 0.25) is 5.02 Å². The number of para-hydroxylation sites is 2. The van der Waals surface area contributed by atoms with Crippen LogP contribution in [0.1, 0.15) is 16.1 Å². The highest BCUT2D eigenvalue weighted by Crippen LogP contribution is 2.33. The standard InChI is InChI=1S/C24H19ClN2O2S/c1-27(19-10-3-2-4-11-19)24(28)21-16-30-23(26-21)20-12-5-6-13-22(20)29-15-17-8-7-9-18(25)14-17/h2-14,16H,15H2,1H3. The Morgan fingerprint density at radius 3 is 2.60 bits per heavy atom. The third-order valence-electron chi connectivity index (χ3n) is 4.57. The van der Waals surface area contributed by atoms with Crippen LogP contribution in [-0.2, 0) is 6.61 Å². The van der Waals surface area contributed by atoms with Crippen molar-refractivity contribution in [3.63, 3.8) is 0 Å². The normalized spacial score (nSPS) is 10.6. The maximum atomic E-state index is 12.8. The Morgan fingerprint density at radius 2 is 1.80 bits per heavy atom. The molecule has 6 heteroatoms. The Balaban J connectivity index is 1.54. The summed E-state index contributed by atoms with van der Waals surface area (Å²) in [7, 11) is 1.75. The molecule has 0 bridgehead atoms. The molecule has 0 saturated heterocycles. The number of hydrogen-bond donors (Lipinski definition) is 0. The summed E-state index contributed by atoms with van der Waals surface area (Å²) >= 11 is 7.48.